The zero-order chi connectivity index (χ0) is 14.7. The lowest BCUT2D eigenvalue weighted by molar-refractivity contribution is -0.131. The van der Waals surface area contributed by atoms with Gasteiger partial charge in [-0.05, 0) is 24.0 Å². The van der Waals surface area contributed by atoms with E-state index in [0.717, 1.165) is 30.8 Å². The third-order valence-corrected chi connectivity index (χ3v) is 3.88. The summed E-state index contributed by atoms with van der Waals surface area (Å²) >= 11 is 0. The standard InChI is InChI=1S/C17H20N2O2/c1-2-9-19-10-8-18-16(19)12-15(20)17-14-6-4-3-5-13(14)7-11-21-17/h3-6,8,10,17H,2,7,9,11-12H2,1H3. The molecule has 0 amide bonds. The number of hydrogen-bond donors (Lipinski definition) is 0. The Hall–Kier alpha value is -1.94. The van der Waals surface area contributed by atoms with E-state index in [1.54, 1.807) is 6.20 Å². The summed E-state index contributed by atoms with van der Waals surface area (Å²) in [4.78, 5) is 16.9. The summed E-state index contributed by atoms with van der Waals surface area (Å²) < 4.78 is 7.78. The zero-order valence-electron chi connectivity index (χ0n) is 12.3. The lowest BCUT2D eigenvalue weighted by Crippen LogP contribution is -2.25. The molecule has 1 atom stereocenters. The number of benzene rings is 1. The summed E-state index contributed by atoms with van der Waals surface area (Å²) in [6, 6.07) is 8.05. The van der Waals surface area contributed by atoms with E-state index in [2.05, 4.69) is 18.0 Å². The van der Waals surface area contributed by atoms with Crippen molar-refractivity contribution in [3.63, 3.8) is 0 Å². The molecule has 1 aliphatic rings. The van der Waals surface area contributed by atoms with Crippen molar-refractivity contribution in [2.45, 2.75) is 38.8 Å². The first-order chi connectivity index (χ1) is 10.3. The molecule has 110 valence electrons. The minimum absolute atomic E-state index is 0.0886. The van der Waals surface area contributed by atoms with Gasteiger partial charge < -0.3 is 9.30 Å². The van der Waals surface area contributed by atoms with Crippen LogP contribution < -0.4 is 0 Å². The molecule has 3 rings (SSSR count). The van der Waals surface area contributed by atoms with Crippen molar-refractivity contribution in [2.75, 3.05) is 6.61 Å². The topological polar surface area (TPSA) is 44.1 Å². The second kappa shape index (κ2) is 6.22. The van der Waals surface area contributed by atoms with Crippen molar-refractivity contribution in [3.05, 3.63) is 53.6 Å². The molecule has 0 spiro atoms. The number of fused-ring (bicyclic) bond motifs is 1. The third kappa shape index (κ3) is 2.90. The van der Waals surface area contributed by atoms with E-state index in [1.165, 1.54) is 5.56 Å². The van der Waals surface area contributed by atoms with Gasteiger partial charge in [-0.25, -0.2) is 4.98 Å². The van der Waals surface area contributed by atoms with Crippen LogP contribution >= 0.6 is 0 Å². The van der Waals surface area contributed by atoms with Crippen LogP contribution in [0.25, 0.3) is 0 Å². The van der Waals surface area contributed by atoms with Gasteiger partial charge in [-0.3, -0.25) is 4.79 Å². The van der Waals surface area contributed by atoms with Gasteiger partial charge in [0.25, 0.3) is 0 Å². The summed E-state index contributed by atoms with van der Waals surface area (Å²) in [5.41, 5.74) is 2.24. The smallest absolute Gasteiger partial charge is 0.173 e. The lowest BCUT2D eigenvalue weighted by atomic mass is 9.94. The second-order valence-corrected chi connectivity index (χ2v) is 5.38. The van der Waals surface area contributed by atoms with E-state index >= 15 is 0 Å². The Balaban J connectivity index is 1.79. The summed E-state index contributed by atoms with van der Waals surface area (Å²) in [5, 5.41) is 0. The first kappa shape index (κ1) is 14.0. The molecule has 1 aromatic heterocycles. The van der Waals surface area contributed by atoms with Crippen LogP contribution in [0.3, 0.4) is 0 Å². The molecule has 0 radical (unpaired) electrons. The van der Waals surface area contributed by atoms with Gasteiger partial charge >= 0.3 is 0 Å². The largest absolute Gasteiger partial charge is 0.365 e. The number of carbonyl (C=O) groups is 1. The van der Waals surface area contributed by atoms with Gasteiger partial charge in [-0.2, -0.15) is 0 Å². The molecule has 0 saturated carbocycles. The van der Waals surface area contributed by atoms with Crippen LogP contribution in [0.2, 0.25) is 0 Å². The summed E-state index contributed by atoms with van der Waals surface area (Å²) in [5.74, 6) is 0.916. The summed E-state index contributed by atoms with van der Waals surface area (Å²) in [6.07, 6.45) is 5.48. The minimum atomic E-state index is -0.443. The zero-order valence-corrected chi connectivity index (χ0v) is 12.3. The molecule has 0 N–H and O–H groups in total. The van der Waals surface area contributed by atoms with Crippen LogP contribution in [-0.2, 0) is 28.9 Å². The maximum atomic E-state index is 12.6. The molecule has 0 saturated heterocycles. The van der Waals surface area contributed by atoms with Crippen LogP contribution in [0.15, 0.2) is 36.7 Å². The number of aryl methyl sites for hydroxylation is 1. The Kier molecular flexibility index (Phi) is 4.15. The Morgan fingerprint density at radius 2 is 2.29 bits per heavy atom. The molecular weight excluding hydrogens is 264 g/mol. The number of ketones is 1. The van der Waals surface area contributed by atoms with Gasteiger partial charge in [0.15, 0.2) is 5.78 Å². The first-order valence-corrected chi connectivity index (χ1v) is 7.51. The molecule has 21 heavy (non-hydrogen) atoms. The van der Waals surface area contributed by atoms with Crippen molar-refractivity contribution < 1.29 is 9.53 Å². The fraction of sp³-hybridized carbons (Fsp3) is 0.412. The highest BCUT2D eigenvalue weighted by Crippen LogP contribution is 2.28. The van der Waals surface area contributed by atoms with E-state index in [1.807, 2.05) is 29.0 Å². The number of rotatable bonds is 5. The fourth-order valence-electron chi connectivity index (χ4n) is 2.86. The molecule has 0 fully saturated rings. The average Bonchev–Trinajstić information content (AvgIpc) is 2.94. The van der Waals surface area contributed by atoms with Gasteiger partial charge in [0.1, 0.15) is 11.9 Å². The number of imidazole rings is 1. The monoisotopic (exact) mass is 284 g/mol. The Labute approximate surface area is 124 Å². The van der Waals surface area contributed by atoms with Crippen LogP contribution in [-0.4, -0.2) is 21.9 Å². The first-order valence-electron chi connectivity index (χ1n) is 7.51. The third-order valence-electron chi connectivity index (χ3n) is 3.88. The molecule has 1 unspecified atom stereocenters. The maximum Gasteiger partial charge on any atom is 0.173 e. The highest BCUT2D eigenvalue weighted by molar-refractivity contribution is 5.86. The fourth-order valence-corrected chi connectivity index (χ4v) is 2.86. The van der Waals surface area contributed by atoms with Crippen molar-refractivity contribution in [1.82, 2.24) is 9.55 Å². The molecule has 0 aliphatic carbocycles. The van der Waals surface area contributed by atoms with Gasteiger partial charge in [0.05, 0.1) is 13.0 Å². The van der Waals surface area contributed by atoms with Crippen molar-refractivity contribution in [1.29, 1.82) is 0 Å². The van der Waals surface area contributed by atoms with Crippen molar-refractivity contribution >= 4 is 5.78 Å². The minimum Gasteiger partial charge on any atom is -0.365 e. The van der Waals surface area contributed by atoms with Crippen molar-refractivity contribution in [3.8, 4) is 0 Å². The van der Waals surface area contributed by atoms with Crippen LogP contribution in [0.1, 0.15) is 36.4 Å². The molecule has 1 aromatic carbocycles. The van der Waals surface area contributed by atoms with E-state index in [-0.39, 0.29) is 5.78 Å². The van der Waals surface area contributed by atoms with E-state index in [4.69, 9.17) is 4.74 Å². The van der Waals surface area contributed by atoms with Gasteiger partial charge in [0, 0.05) is 18.9 Å². The Bertz CT molecular complexity index is 633. The number of ether oxygens (including phenoxy) is 1. The van der Waals surface area contributed by atoms with Gasteiger partial charge in [0.2, 0.25) is 0 Å². The Morgan fingerprint density at radius 3 is 3.14 bits per heavy atom. The highest BCUT2D eigenvalue weighted by atomic mass is 16.5. The Morgan fingerprint density at radius 1 is 1.43 bits per heavy atom. The number of aromatic nitrogens is 2. The normalized spacial score (nSPS) is 17.5. The number of nitrogens with zero attached hydrogens (tertiary/aromatic N) is 2. The molecule has 2 aromatic rings. The average molecular weight is 284 g/mol. The predicted molar refractivity (Wildman–Crippen MR) is 80.1 cm³/mol. The SMILES string of the molecule is CCCn1ccnc1CC(=O)C1OCCc2ccccc21. The summed E-state index contributed by atoms with van der Waals surface area (Å²) in [6.45, 7) is 3.62. The van der Waals surface area contributed by atoms with Crippen LogP contribution in [0.5, 0.6) is 0 Å². The maximum absolute atomic E-state index is 12.6. The molecular formula is C17H20N2O2. The van der Waals surface area contributed by atoms with E-state index in [0.29, 0.717) is 13.0 Å². The molecule has 4 heteroatoms. The molecule has 0 bridgehead atoms. The van der Waals surface area contributed by atoms with E-state index in [9.17, 15) is 4.79 Å². The van der Waals surface area contributed by atoms with Crippen LogP contribution in [0.4, 0.5) is 0 Å². The quantitative estimate of drug-likeness (QED) is 0.848. The molecule has 1 aliphatic heterocycles. The molecule has 4 nitrogen and oxygen atoms in total. The number of carbonyl (C=O) groups excluding carboxylic acids is 1. The lowest BCUT2D eigenvalue weighted by Gasteiger charge is -2.25. The predicted octanol–water partition coefficient (Wildman–Crippen LogP) is 2.72. The highest BCUT2D eigenvalue weighted by Gasteiger charge is 2.27. The second-order valence-electron chi connectivity index (χ2n) is 5.38. The van der Waals surface area contributed by atoms with Gasteiger partial charge in [-0.1, -0.05) is 31.2 Å². The van der Waals surface area contributed by atoms with Gasteiger partial charge in [-0.15, -0.1) is 0 Å². The number of Topliss-reactive ketones (excluding diaryl/α,β-unsaturated/α-hetero) is 1. The molecule has 2 heterocycles. The van der Waals surface area contributed by atoms with Crippen LogP contribution in [0, 0.1) is 0 Å². The van der Waals surface area contributed by atoms with Crippen molar-refractivity contribution in [2.24, 2.45) is 0 Å². The summed E-state index contributed by atoms with van der Waals surface area (Å²) in [7, 11) is 0. The number of hydrogen-bond acceptors (Lipinski definition) is 3. The van der Waals surface area contributed by atoms with E-state index < -0.39 is 6.10 Å².